The third kappa shape index (κ3) is 6.04. The van der Waals surface area contributed by atoms with Crippen molar-refractivity contribution in [1.29, 1.82) is 0 Å². The van der Waals surface area contributed by atoms with Crippen LogP contribution in [0.25, 0.3) is 5.57 Å². The molecule has 1 fully saturated rings. The van der Waals surface area contributed by atoms with E-state index in [9.17, 15) is 36.2 Å². The minimum atomic E-state index is -4.80. The average Bonchev–Trinajstić information content (AvgIpc) is 2.75. The summed E-state index contributed by atoms with van der Waals surface area (Å²) in [5.74, 6) is -0.488. The summed E-state index contributed by atoms with van der Waals surface area (Å²) in [6.45, 7) is 0.526. The molecule has 0 radical (unpaired) electrons. The molecule has 0 aliphatic carbocycles. The maximum Gasteiger partial charge on any atom is 0.417 e. The van der Waals surface area contributed by atoms with Crippen molar-refractivity contribution in [2.24, 2.45) is 0 Å². The van der Waals surface area contributed by atoms with Crippen molar-refractivity contribution in [3.8, 4) is 0 Å². The van der Waals surface area contributed by atoms with E-state index in [4.69, 9.17) is 0 Å². The molecule has 1 heterocycles. The number of hydrogen-bond donors (Lipinski definition) is 1. The highest BCUT2D eigenvalue weighted by atomic mass is 19.4. The first-order chi connectivity index (χ1) is 15.5. The number of hydrogen-bond acceptors (Lipinski definition) is 2. The van der Waals surface area contributed by atoms with E-state index in [1.807, 2.05) is 0 Å². The number of nitrogens with zero attached hydrogens (tertiary/aromatic N) is 1. The van der Waals surface area contributed by atoms with E-state index in [1.165, 1.54) is 17.0 Å². The highest BCUT2D eigenvalue weighted by Crippen LogP contribution is 2.41. The SMILES string of the molecule is O=C(C=CC=C(c1ccccc1C(F)(F)F)c1ccccc1C(F)(F)F)N1CCCC(O)C1. The van der Waals surface area contributed by atoms with Crippen molar-refractivity contribution in [2.45, 2.75) is 31.3 Å². The van der Waals surface area contributed by atoms with Crippen LogP contribution in [-0.4, -0.2) is 35.1 Å². The minimum Gasteiger partial charge on any atom is -0.391 e. The number of carbonyl (C=O) groups is 1. The predicted molar refractivity (Wildman–Crippen MR) is 111 cm³/mol. The molecular weight excluding hydrogens is 448 g/mol. The van der Waals surface area contributed by atoms with Gasteiger partial charge in [0.2, 0.25) is 5.91 Å². The number of carbonyl (C=O) groups excluding carboxylic acids is 1. The van der Waals surface area contributed by atoms with Crippen LogP contribution < -0.4 is 0 Å². The molecule has 3 rings (SSSR count). The molecule has 2 aromatic carbocycles. The van der Waals surface area contributed by atoms with Crippen LogP contribution in [0.3, 0.4) is 0 Å². The Morgan fingerprint density at radius 3 is 1.91 bits per heavy atom. The Balaban J connectivity index is 2.10. The lowest BCUT2D eigenvalue weighted by Gasteiger charge is -2.29. The largest absolute Gasteiger partial charge is 0.417 e. The average molecular weight is 469 g/mol. The van der Waals surface area contributed by atoms with Gasteiger partial charge in [0, 0.05) is 19.2 Å². The molecule has 0 aromatic heterocycles. The zero-order valence-corrected chi connectivity index (χ0v) is 17.3. The van der Waals surface area contributed by atoms with E-state index in [-0.39, 0.29) is 12.1 Å². The van der Waals surface area contributed by atoms with Crippen molar-refractivity contribution in [1.82, 2.24) is 4.90 Å². The smallest absolute Gasteiger partial charge is 0.391 e. The molecule has 1 aliphatic rings. The number of piperidine rings is 1. The van der Waals surface area contributed by atoms with E-state index in [1.54, 1.807) is 0 Å². The summed E-state index contributed by atoms with van der Waals surface area (Å²) in [6.07, 6.45) is -5.82. The summed E-state index contributed by atoms with van der Waals surface area (Å²) in [4.78, 5) is 13.8. The minimum absolute atomic E-state index is 0.119. The fourth-order valence-corrected chi connectivity index (χ4v) is 3.74. The van der Waals surface area contributed by atoms with Gasteiger partial charge >= 0.3 is 12.4 Å². The van der Waals surface area contributed by atoms with E-state index < -0.39 is 46.6 Å². The van der Waals surface area contributed by atoms with Gasteiger partial charge < -0.3 is 10.0 Å². The zero-order chi connectivity index (χ0) is 24.2. The molecule has 0 saturated carbocycles. The summed E-state index contributed by atoms with van der Waals surface area (Å²) >= 11 is 0. The number of aliphatic hydroxyl groups excluding tert-OH is 1. The second kappa shape index (κ2) is 9.82. The Morgan fingerprint density at radius 1 is 0.909 bits per heavy atom. The van der Waals surface area contributed by atoms with Gasteiger partial charge in [0.1, 0.15) is 0 Å². The number of alkyl halides is 6. The summed E-state index contributed by atoms with van der Waals surface area (Å²) in [7, 11) is 0. The van der Waals surface area contributed by atoms with Gasteiger partial charge in [0.15, 0.2) is 0 Å². The lowest BCUT2D eigenvalue weighted by atomic mass is 9.90. The standard InChI is InChI=1S/C24H21F6NO2/c25-23(26,27)20-11-3-1-8-18(20)17(19-9-2-4-12-21(19)24(28,29)30)10-5-13-22(33)31-14-6-7-16(32)15-31/h1-5,8-13,16,32H,6-7,14-15H2. The second-order valence-electron chi connectivity index (χ2n) is 7.61. The molecule has 2 aromatic rings. The van der Waals surface area contributed by atoms with Gasteiger partial charge in [-0.3, -0.25) is 4.79 Å². The molecule has 33 heavy (non-hydrogen) atoms. The summed E-state index contributed by atoms with van der Waals surface area (Å²) in [5.41, 5.74) is -3.38. The van der Waals surface area contributed by atoms with Gasteiger partial charge in [-0.15, -0.1) is 0 Å². The highest BCUT2D eigenvalue weighted by molar-refractivity contribution is 5.89. The van der Waals surface area contributed by atoms with Crippen LogP contribution in [0.2, 0.25) is 0 Å². The maximum atomic E-state index is 13.6. The van der Waals surface area contributed by atoms with E-state index in [2.05, 4.69) is 0 Å². The van der Waals surface area contributed by atoms with Gasteiger partial charge in [0.25, 0.3) is 0 Å². The number of allylic oxidation sites excluding steroid dienone is 2. The first kappa shape index (κ1) is 24.6. The fourth-order valence-electron chi connectivity index (χ4n) is 3.74. The summed E-state index contributed by atoms with van der Waals surface area (Å²) < 4.78 is 81.8. The number of likely N-dealkylation sites (tertiary alicyclic amines) is 1. The molecular formula is C24H21F6NO2. The molecule has 1 amide bonds. The van der Waals surface area contributed by atoms with E-state index >= 15 is 0 Å². The lowest BCUT2D eigenvalue weighted by molar-refractivity contribution is -0.138. The van der Waals surface area contributed by atoms with Gasteiger partial charge in [-0.2, -0.15) is 26.3 Å². The van der Waals surface area contributed by atoms with E-state index in [0.29, 0.717) is 19.4 Å². The molecule has 0 bridgehead atoms. The molecule has 1 aliphatic heterocycles. The van der Waals surface area contributed by atoms with Crippen LogP contribution >= 0.6 is 0 Å². The third-order valence-corrected chi connectivity index (χ3v) is 5.26. The number of halogens is 6. The van der Waals surface area contributed by atoms with Gasteiger partial charge in [0.05, 0.1) is 17.2 Å². The van der Waals surface area contributed by atoms with Crippen LogP contribution in [-0.2, 0) is 17.1 Å². The molecule has 3 nitrogen and oxygen atoms in total. The molecule has 176 valence electrons. The molecule has 1 atom stereocenters. The zero-order valence-electron chi connectivity index (χ0n) is 17.3. The first-order valence-corrected chi connectivity index (χ1v) is 10.2. The van der Waals surface area contributed by atoms with Gasteiger partial charge in [-0.05, 0) is 41.7 Å². The van der Waals surface area contributed by atoms with Crippen LogP contribution in [0, 0.1) is 0 Å². The Labute approximate surface area is 186 Å². The number of rotatable bonds is 4. The summed E-state index contributed by atoms with van der Waals surface area (Å²) in [5, 5.41) is 9.71. The Kier molecular flexibility index (Phi) is 7.31. The number of aliphatic hydroxyl groups is 1. The first-order valence-electron chi connectivity index (χ1n) is 10.2. The van der Waals surface area contributed by atoms with Crippen molar-refractivity contribution >= 4 is 11.5 Å². The molecule has 0 spiro atoms. The second-order valence-corrected chi connectivity index (χ2v) is 7.61. The highest BCUT2D eigenvalue weighted by Gasteiger charge is 2.37. The van der Waals surface area contributed by atoms with Crippen molar-refractivity contribution in [2.75, 3.05) is 13.1 Å². The van der Waals surface area contributed by atoms with Gasteiger partial charge in [-0.1, -0.05) is 48.6 Å². The monoisotopic (exact) mass is 469 g/mol. The lowest BCUT2D eigenvalue weighted by Crippen LogP contribution is -2.41. The van der Waals surface area contributed by atoms with Crippen LogP contribution in [0.15, 0.2) is 66.8 Å². The Morgan fingerprint density at radius 2 is 1.42 bits per heavy atom. The Bertz CT molecular complexity index is 996. The third-order valence-electron chi connectivity index (χ3n) is 5.26. The maximum absolute atomic E-state index is 13.6. The van der Waals surface area contributed by atoms with Crippen LogP contribution in [0.4, 0.5) is 26.3 Å². The van der Waals surface area contributed by atoms with Crippen molar-refractivity contribution in [3.63, 3.8) is 0 Å². The predicted octanol–water partition coefficient (Wildman–Crippen LogP) is 5.70. The Hall–Kier alpha value is -3.07. The van der Waals surface area contributed by atoms with E-state index in [0.717, 1.165) is 54.6 Å². The number of amides is 1. The van der Waals surface area contributed by atoms with Gasteiger partial charge in [-0.25, -0.2) is 0 Å². The molecule has 1 unspecified atom stereocenters. The normalized spacial score (nSPS) is 17.3. The van der Waals surface area contributed by atoms with Crippen molar-refractivity contribution < 1.29 is 36.2 Å². The number of β-amino-alcohol motifs (C(OH)–C–C–N with tert-alkyl or cyclic N) is 1. The van der Waals surface area contributed by atoms with Crippen LogP contribution in [0.1, 0.15) is 35.1 Å². The van der Waals surface area contributed by atoms with Crippen LogP contribution in [0.5, 0.6) is 0 Å². The molecule has 9 heteroatoms. The molecule has 1 N–H and O–H groups in total. The van der Waals surface area contributed by atoms with Crippen molar-refractivity contribution in [3.05, 3.63) is 89.0 Å². The topological polar surface area (TPSA) is 40.5 Å². The fraction of sp³-hybridized carbons (Fsp3) is 0.292. The number of benzene rings is 2. The quantitative estimate of drug-likeness (QED) is 0.355. The summed E-state index contributed by atoms with van der Waals surface area (Å²) in [6, 6.07) is 8.70. The molecule has 1 saturated heterocycles.